The lowest BCUT2D eigenvalue weighted by molar-refractivity contribution is 0.0418. The molecule has 13 heteroatoms. The number of nitrogens with zero attached hydrogens (tertiary/aromatic N) is 1. The maximum Gasteiger partial charge on any atom is 0.342 e. The molecule has 3 rings (SSSR count). The van der Waals surface area contributed by atoms with Gasteiger partial charge in [0, 0.05) is 25.2 Å². The van der Waals surface area contributed by atoms with Crippen LogP contribution in [0.5, 0.6) is 34.5 Å². The molecule has 0 fully saturated rings. The first kappa shape index (κ1) is 49.8. The van der Waals surface area contributed by atoms with Crippen LogP contribution in [-0.4, -0.2) is 69.0 Å². The summed E-state index contributed by atoms with van der Waals surface area (Å²) in [5.41, 5.74) is 0.923. The van der Waals surface area contributed by atoms with Crippen molar-refractivity contribution in [3.8, 4) is 34.5 Å². The number of sulfonamides is 1. The second-order valence-electron chi connectivity index (χ2n) is 14.2. The van der Waals surface area contributed by atoms with Gasteiger partial charge < -0.3 is 35.4 Å². The van der Waals surface area contributed by atoms with Crippen molar-refractivity contribution in [3.05, 3.63) is 65.0 Å². The molecular weight excluding hydrogens is 742 g/mol. The molecule has 6 N–H and O–H groups in total. The number of phenols is 6. The molecule has 0 aliphatic carbocycles. The maximum absolute atomic E-state index is 12.5. The number of benzene rings is 3. The Kier molecular flexibility index (Phi) is 23.6. The van der Waals surface area contributed by atoms with Gasteiger partial charge in [-0.05, 0) is 86.9 Å². The lowest BCUT2D eigenvalue weighted by Gasteiger charge is -2.21. The number of phenolic OH excluding ortho intramolecular Hbond substituents is 6. The van der Waals surface area contributed by atoms with E-state index in [1.807, 2.05) is 13.8 Å². The topological polar surface area (TPSA) is 185 Å². The van der Waals surface area contributed by atoms with Crippen LogP contribution in [0.2, 0.25) is 0 Å². The fraction of sp³-hybridized carbons (Fsp3) is 0.558. The van der Waals surface area contributed by atoms with E-state index in [9.17, 15) is 38.0 Å². The van der Waals surface area contributed by atoms with Gasteiger partial charge in [-0.2, -0.15) is 4.31 Å². The van der Waals surface area contributed by atoms with E-state index in [1.165, 1.54) is 98.8 Å². The average molecular weight is 808 g/mol. The highest BCUT2D eigenvalue weighted by Gasteiger charge is 2.27. The average Bonchev–Trinajstić information content (AvgIpc) is 3.15. The molecule has 1 unspecified atom stereocenters. The molecule has 56 heavy (non-hydrogen) atoms. The number of carbonyl (C=O) groups excluding carboxylic acids is 1. The van der Waals surface area contributed by atoms with Gasteiger partial charge in [-0.25, -0.2) is 17.6 Å². The van der Waals surface area contributed by atoms with Crippen LogP contribution in [-0.2, 0) is 14.8 Å². The predicted molar refractivity (Wildman–Crippen MR) is 219 cm³/mol. The Bertz CT molecular complexity index is 1660. The van der Waals surface area contributed by atoms with Crippen molar-refractivity contribution in [2.45, 2.75) is 136 Å². The van der Waals surface area contributed by atoms with E-state index in [-0.39, 0.29) is 39.2 Å². The zero-order valence-corrected chi connectivity index (χ0v) is 35.0. The van der Waals surface area contributed by atoms with Crippen LogP contribution in [0, 0.1) is 25.6 Å². The zero-order chi connectivity index (χ0) is 42.3. The Morgan fingerprint density at radius 2 is 1.14 bits per heavy atom. The molecule has 0 aliphatic heterocycles. The smallest absolute Gasteiger partial charge is 0.342 e. The highest BCUT2D eigenvalue weighted by atomic mass is 32.2. The number of rotatable bonds is 21. The number of halogens is 1. The molecule has 0 aromatic heterocycles. The highest BCUT2D eigenvalue weighted by molar-refractivity contribution is 7.89. The summed E-state index contributed by atoms with van der Waals surface area (Å²) < 4.78 is 44.1. The van der Waals surface area contributed by atoms with Gasteiger partial charge in [0.25, 0.3) is 0 Å². The third-order valence-corrected chi connectivity index (χ3v) is 11.1. The molecule has 0 spiro atoms. The zero-order valence-electron chi connectivity index (χ0n) is 34.2. The van der Waals surface area contributed by atoms with Gasteiger partial charge in [0.2, 0.25) is 10.0 Å². The minimum Gasteiger partial charge on any atom is -0.508 e. The molecule has 1 atom stereocenters. The number of hydrogen-bond acceptors (Lipinski definition) is 10. The summed E-state index contributed by atoms with van der Waals surface area (Å²) >= 11 is 0. The summed E-state index contributed by atoms with van der Waals surface area (Å²) in [5.74, 6) is -2.25. The van der Waals surface area contributed by atoms with E-state index >= 15 is 0 Å². The summed E-state index contributed by atoms with van der Waals surface area (Å²) in [4.78, 5) is 12.0. The predicted octanol–water partition coefficient (Wildman–Crippen LogP) is 10.4. The monoisotopic (exact) mass is 807 g/mol. The quantitative estimate of drug-likeness (QED) is 0.0344. The molecule has 0 heterocycles. The maximum atomic E-state index is 12.5. The normalized spacial score (nSPS) is 11.6. The summed E-state index contributed by atoms with van der Waals surface area (Å²) in [6, 6.07) is 8.33. The van der Waals surface area contributed by atoms with Crippen molar-refractivity contribution in [1.29, 1.82) is 0 Å². The molecule has 0 saturated heterocycles. The van der Waals surface area contributed by atoms with E-state index in [4.69, 9.17) is 14.9 Å². The van der Waals surface area contributed by atoms with Gasteiger partial charge in [0.15, 0.2) is 11.6 Å². The Morgan fingerprint density at radius 1 is 0.643 bits per heavy atom. The number of aryl methyl sites for hydroxylation is 2. The van der Waals surface area contributed by atoms with E-state index in [0.717, 1.165) is 25.0 Å². The van der Waals surface area contributed by atoms with Crippen molar-refractivity contribution >= 4 is 16.0 Å². The number of unbranched alkanes of at least 4 members (excludes halogenated alkanes) is 8. The fourth-order valence-electron chi connectivity index (χ4n) is 5.86. The molecule has 11 nitrogen and oxygen atoms in total. The van der Waals surface area contributed by atoms with Gasteiger partial charge in [0.05, 0.1) is 6.61 Å². The van der Waals surface area contributed by atoms with E-state index in [0.29, 0.717) is 49.6 Å². The van der Waals surface area contributed by atoms with Crippen LogP contribution in [0.4, 0.5) is 4.39 Å². The van der Waals surface area contributed by atoms with Crippen LogP contribution in [0.25, 0.3) is 0 Å². The molecule has 0 amide bonds. The third-order valence-electron chi connectivity index (χ3n) is 9.19. The second kappa shape index (κ2) is 26.6. The molecule has 0 bridgehead atoms. The van der Waals surface area contributed by atoms with Crippen LogP contribution in [0.15, 0.2) is 47.4 Å². The van der Waals surface area contributed by atoms with Gasteiger partial charge >= 0.3 is 5.97 Å². The number of carbonyl (C=O) groups is 1. The minimum absolute atomic E-state index is 0.0271. The first-order valence-electron chi connectivity index (χ1n) is 19.9. The summed E-state index contributed by atoms with van der Waals surface area (Å²) in [7, 11) is -3.77. The van der Waals surface area contributed by atoms with Gasteiger partial charge in [-0.3, -0.25) is 0 Å². The Labute approximate surface area is 333 Å². The number of ether oxygens (including phenoxy) is 1. The molecular formula is C43H66FNO10S. The number of hydrogen-bond donors (Lipinski definition) is 6. The lowest BCUT2D eigenvalue weighted by atomic mass is 9.95. The number of esters is 1. The number of aromatic hydroxyl groups is 6. The Hall–Kier alpha value is -4.23. The van der Waals surface area contributed by atoms with E-state index in [1.54, 1.807) is 13.8 Å². The third kappa shape index (κ3) is 17.7. The standard InChI is InChI=1S/C23H38O4.C13H21NO4S.C7H7FO2/c1-3-5-7-9-10-12-14-19(13-11-8-6-4-2)18-27-23(26)21-17-20(24)15-16-22(21)25;1-4-6-14(7-5-2)19(17,18)13-9-11(15)10(3)8-12(13)16;1-4-2-7(10)5(8)3-6(4)9/h15-17,19,24-25H,3-14,18H2,1-2H3;8-9,15-16H,4-7H2,1-3H3;2-3,9-10H,1H3. The van der Waals surface area contributed by atoms with Crippen molar-refractivity contribution in [3.63, 3.8) is 0 Å². The van der Waals surface area contributed by atoms with Gasteiger partial charge in [-0.15, -0.1) is 0 Å². The van der Waals surface area contributed by atoms with Crippen LogP contribution >= 0.6 is 0 Å². The lowest BCUT2D eigenvalue weighted by Crippen LogP contribution is -2.32. The van der Waals surface area contributed by atoms with Crippen molar-refractivity contribution < 1.29 is 53.0 Å². The van der Waals surface area contributed by atoms with Crippen molar-refractivity contribution in [2.75, 3.05) is 19.7 Å². The molecule has 0 saturated carbocycles. The van der Waals surface area contributed by atoms with Crippen molar-refractivity contribution in [2.24, 2.45) is 5.92 Å². The van der Waals surface area contributed by atoms with Crippen molar-refractivity contribution in [1.82, 2.24) is 4.31 Å². The summed E-state index contributed by atoms with van der Waals surface area (Å²) in [6.45, 7) is 12.6. The van der Waals surface area contributed by atoms with Crippen LogP contribution in [0.1, 0.15) is 139 Å². The van der Waals surface area contributed by atoms with E-state index < -0.39 is 27.6 Å². The fourth-order valence-corrected chi connectivity index (χ4v) is 7.57. The summed E-state index contributed by atoms with van der Waals surface area (Å²) in [6.07, 6.45) is 16.0. The van der Waals surface area contributed by atoms with Crippen LogP contribution < -0.4 is 0 Å². The Morgan fingerprint density at radius 3 is 1.68 bits per heavy atom. The van der Waals surface area contributed by atoms with Gasteiger partial charge in [0.1, 0.15) is 39.2 Å². The molecule has 3 aromatic carbocycles. The molecule has 3 aromatic rings. The SMILES string of the molecule is CCCCCCCCC(CCCCCC)COC(=O)c1cc(O)ccc1O.CCCN(CCC)S(=O)(=O)c1cc(O)c(C)cc1O.Cc1cc(O)c(F)cc1O. The van der Waals surface area contributed by atoms with Crippen LogP contribution in [0.3, 0.4) is 0 Å². The highest BCUT2D eigenvalue weighted by Crippen LogP contribution is 2.32. The largest absolute Gasteiger partial charge is 0.508 e. The molecule has 316 valence electrons. The minimum atomic E-state index is -3.77. The Balaban J connectivity index is 0.000000465. The van der Waals surface area contributed by atoms with Gasteiger partial charge in [-0.1, -0.05) is 91.9 Å². The molecule has 0 radical (unpaired) electrons. The first-order chi connectivity index (χ1) is 26.5. The second-order valence-corrected chi connectivity index (χ2v) is 16.1. The molecule has 0 aliphatic rings. The van der Waals surface area contributed by atoms with E-state index in [2.05, 4.69) is 13.8 Å². The summed E-state index contributed by atoms with van der Waals surface area (Å²) in [5, 5.41) is 56.4. The first-order valence-corrected chi connectivity index (χ1v) is 21.4.